The molecule has 0 aromatic heterocycles. The highest BCUT2D eigenvalue weighted by atomic mass is 79.9. The number of carbonyl (C=O) groups is 1. The second-order valence-electron chi connectivity index (χ2n) is 4.24. The van der Waals surface area contributed by atoms with Gasteiger partial charge in [-0.2, -0.15) is 4.31 Å². The maximum Gasteiger partial charge on any atom is 0.243 e. The zero-order chi connectivity index (χ0) is 14.0. The van der Waals surface area contributed by atoms with Crippen LogP contribution >= 0.6 is 15.9 Å². The predicted octanol–water partition coefficient (Wildman–Crippen LogP) is 1.81. The molecule has 19 heavy (non-hydrogen) atoms. The van der Waals surface area contributed by atoms with Crippen molar-refractivity contribution in [2.24, 2.45) is 0 Å². The van der Waals surface area contributed by atoms with E-state index in [0.29, 0.717) is 10.2 Å². The maximum absolute atomic E-state index is 12.4. The topological polar surface area (TPSA) is 63.7 Å². The van der Waals surface area contributed by atoms with E-state index in [1.54, 1.807) is 6.07 Å². The first kappa shape index (κ1) is 14.5. The molecule has 0 bridgehead atoms. The summed E-state index contributed by atoms with van der Waals surface area (Å²) >= 11 is 3.27. The summed E-state index contributed by atoms with van der Waals surface area (Å²) in [6.45, 7) is 0.510. The second-order valence-corrected chi connectivity index (χ2v) is 7.03. The molecule has 0 aliphatic carbocycles. The highest BCUT2D eigenvalue weighted by Crippen LogP contribution is 2.29. The fraction of sp³-hybridized carbons (Fsp3) is 0.417. The molecule has 2 rings (SSSR count). The number of sulfonamides is 1. The standard InChI is InChI=1S/C12H14BrNO4S/c1-18-12-3-2-10(8-11(12)13)19(16,17)14-6-4-9(15)5-7-14/h2-3,8H,4-7H2,1H3. The number of hydrogen-bond acceptors (Lipinski definition) is 4. The Bertz CT molecular complexity index is 590. The normalized spacial score (nSPS) is 17.5. The highest BCUT2D eigenvalue weighted by Gasteiger charge is 2.28. The number of ketones is 1. The van der Waals surface area contributed by atoms with Gasteiger partial charge in [0.2, 0.25) is 10.0 Å². The minimum atomic E-state index is -3.54. The summed E-state index contributed by atoms with van der Waals surface area (Å²) in [7, 11) is -2.02. The Kier molecular flexibility index (Phi) is 4.27. The number of ether oxygens (including phenoxy) is 1. The molecule has 5 nitrogen and oxygen atoms in total. The van der Waals surface area contributed by atoms with Crippen LogP contribution in [0.5, 0.6) is 5.75 Å². The Balaban J connectivity index is 2.29. The van der Waals surface area contributed by atoms with Gasteiger partial charge in [-0.05, 0) is 34.1 Å². The number of halogens is 1. The number of carbonyl (C=O) groups excluding carboxylic acids is 1. The van der Waals surface area contributed by atoms with E-state index in [2.05, 4.69) is 15.9 Å². The molecular formula is C12H14BrNO4S. The quantitative estimate of drug-likeness (QED) is 0.836. The van der Waals surface area contributed by atoms with Crippen LogP contribution < -0.4 is 4.74 Å². The van der Waals surface area contributed by atoms with Crippen LogP contribution in [0, 0.1) is 0 Å². The zero-order valence-electron chi connectivity index (χ0n) is 10.4. The predicted molar refractivity (Wildman–Crippen MR) is 73.7 cm³/mol. The second kappa shape index (κ2) is 5.60. The Labute approximate surface area is 120 Å². The van der Waals surface area contributed by atoms with Crippen molar-refractivity contribution < 1.29 is 17.9 Å². The Morgan fingerprint density at radius 2 is 1.89 bits per heavy atom. The summed E-state index contributed by atoms with van der Waals surface area (Å²) in [4.78, 5) is 11.4. The van der Waals surface area contributed by atoms with Crippen molar-refractivity contribution in [1.82, 2.24) is 4.31 Å². The average molecular weight is 348 g/mol. The molecule has 0 atom stereocenters. The first-order valence-electron chi connectivity index (χ1n) is 5.80. The van der Waals surface area contributed by atoms with E-state index in [9.17, 15) is 13.2 Å². The lowest BCUT2D eigenvalue weighted by atomic mass is 10.1. The summed E-state index contributed by atoms with van der Waals surface area (Å²) in [5.74, 6) is 0.690. The van der Waals surface area contributed by atoms with E-state index in [0.717, 1.165) is 0 Å². The monoisotopic (exact) mass is 347 g/mol. The third-order valence-electron chi connectivity index (χ3n) is 3.04. The molecule has 0 N–H and O–H groups in total. The summed E-state index contributed by atoms with van der Waals surface area (Å²) in [5.41, 5.74) is 0. The molecule has 7 heteroatoms. The number of nitrogens with zero attached hydrogens (tertiary/aromatic N) is 1. The van der Waals surface area contributed by atoms with E-state index in [1.165, 1.54) is 23.5 Å². The summed E-state index contributed by atoms with van der Waals surface area (Å²) in [6, 6.07) is 4.63. The minimum Gasteiger partial charge on any atom is -0.496 e. The molecule has 1 aliphatic rings. The van der Waals surface area contributed by atoms with Gasteiger partial charge >= 0.3 is 0 Å². The van der Waals surface area contributed by atoms with Gasteiger partial charge in [-0.1, -0.05) is 0 Å². The Morgan fingerprint density at radius 1 is 1.26 bits per heavy atom. The van der Waals surface area contributed by atoms with E-state index in [4.69, 9.17) is 4.74 Å². The number of Topliss-reactive ketones (excluding diaryl/α,β-unsaturated/α-hetero) is 1. The molecule has 1 aromatic rings. The van der Waals surface area contributed by atoms with Gasteiger partial charge in [0.05, 0.1) is 16.5 Å². The Hall–Kier alpha value is -0.920. The van der Waals surface area contributed by atoms with Gasteiger partial charge in [0, 0.05) is 25.9 Å². The van der Waals surface area contributed by atoms with Gasteiger partial charge < -0.3 is 4.74 Å². The Morgan fingerprint density at radius 3 is 2.42 bits per heavy atom. The van der Waals surface area contributed by atoms with Gasteiger partial charge in [0.1, 0.15) is 11.5 Å². The molecule has 1 aromatic carbocycles. The van der Waals surface area contributed by atoms with Gasteiger partial charge in [-0.15, -0.1) is 0 Å². The molecule has 1 heterocycles. The average Bonchev–Trinajstić information content (AvgIpc) is 2.39. The van der Waals surface area contributed by atoms with Crippen LogP contribution in [0.15, 0.2) is 27.6 Å². The summed E-state index contributed by atoms with van der Waals surface area (Å²) < 4.78 is 31.8. The number of piperidine rings is 1. The molecule has 0 amide bonds. The number of methoxy groups -OCH3 is 1. The zero-order valence-corrected chi connectivity index (χ0v) is 12.8. The lowest BCUT2D eigenvalue weighted by Crippen LogP contribution is -2.38. The lowest BCUT2D eigenvalue weighted by molar-refractivity contribution is -0.120. The van der Waals surface area contributed by atoms with Gasteiger partial charge in [0.25, 0.3) is 0 Å². The molecule has 0 saturated carbocycles. The molecular weight excluding hydrogens is 334 g/mol. The summed E-state index contributed by atoms with van der Waals surface area (Å²) in [6.07, 6.45) is 0.576. The molecule has 1 saturated heterocycles. The molecule has 0 spiro atoms. The highest BCUT2D eigenvalue weighted by molar-refractivity contribution is 9.10. The van der Waals surface area contributed by atoms with Crippen molar-refractivity contribution in [3.05, 3.63) is 22.7 Å². The van der Waals surface area contributed by atoms with E-state index in [-0.39, 0.29) is 36.6 Å². The molecule has 1 aliphatic heterocycles. The van der Waals surface area contributed by atoms with Crippen LogP contribution in [0.1, 0.15) is 12.8 Å². The van der Waals surface area contributed by atoms with Crippen molar-refractivity contribution in [2.45, 2.75) is 17.7 Å². The number of hydrogen-bond donors (Lipinski definition) is 0. The van der Waals surface area contributed by atoms with Crippen LogP contribution in [0.4, 0.5) is 0 Å². The van der Waals surface area contributed by atoms with E-state index >= 15 is 0 Å². The van der Waals surface area contributed by atoms with Gasteiger partial charge in [0.15, 0.2) is 0 Å². The van der Waals surface area contributed by atoms with Crippen LogP contribution in [0.3, 0.4) is 0 Å². The third kappa shape index (κ3) is 2.98. The smallest absolute Gasteiger partial charge is 0.243 e. The van der Waals surface area contributed by atoms with Crippen molar-refractivity contribution in [1.29, 1.82) is 0 Å². The molecule has 104 valence electrons. The van der Waals surface area contributed by atoms with E-state index in [1.807, 2.05) is 0 Å². The maximum atomic E-state index is 12.4. The first-order chi connectivity index (χ1) is 8.95. The van der Waals surface area contributed by atoms with Crippen molar-refractivity contribution in [2.75, 3.05) is 20.2 Å². The van der Waals surface area contributed by atoms with Gasteiger partial charge in [-0.25, -0.2) is 8.42 Å². The van der Waals surface area contributed by atoms with Crippen LogP contribution in [0.25, 0.3) is 0 Å². The van der Waals surface area contributed by atoms with Crippen molar-refractivity contribution >= 4 is 31.7 Å². The lowest BCUT2D eigenvalue weighted by Gasteiger charge is -2.25. The number of rotatable bonds is 3. The van der Waals surface area contributed by atoms with Crippen molar-refractivity contribution in [3.63, 3.8) is 0 Å². The molecule has 0 radical (unpaired) electrons. The van der Waals surface area contributed by atoms with Crippen molar-refractivity contribution in [3.8, 4) is 5.75 Å². The summed E-state index contributed by atoms with van der Waals surface area (Å²) in [5, 5.41) is 0. The third-order valence-corrected chi connectivity index (χ3v) is 5.56. The van der Waals surface area contributed by atoms with Crippen LogP contribution in [-0.4, -0.2) is 38.7 Å². The first-order valence-corrected chi connectivity index (χ1v) is 8.04. The molecule has 0 unspecified atom stereocenters. The van der Waals surface area contributed by atoms with E-state index < -0.39 is 10.0 Å². The fourth-order valence-corrected chi connectivity index (χ4v) is 4.09. The van der Waals surface area contributed by atoms with Crippen LogP contribution in [0.2, 0.25) is 0 Å². The number of benzene rings is 1. The largest absolute Gasteiger partial charge is 0.496 e. The fourth-order valence-electron chi connectivity index (χ4n) is 1.93. The van der Waals surface area contributed by atoms with Crippen LogP contribution in [-0.2, 0) is 14.8 Å². The molecule has 1 fully saturated rings. The van der Waals surface area contributed by atoms with Gasteiger partial charge in [-0.3, -0.25) is 4.79 Å². The SMILES string of the molecule is COc1ccc(S(=O)(=O)N2CCC(=O)CC2)cc1Br. The minimum absolute atomic E-state index is 0.113.